The molecule has 1 aromatic carbocycles. The van der Waals surface area contributed by atoms with Gasteiger partial charge in [0.15, 0.2) is 5.96 Å². The van der Waals surface area contributed by atoms with Crippen LogP contribution in [0.2, 0.25) is 0 Å². The average molecular weight is 428 g/mol. The molecule has 1 aromatic rings. The SMILES string of the molecule is CCNC(=NCC(C)(C)NS(C)(=O)=O)NC1CCCN(c2ccc(F)cc2C)C1. The Balaban J connectivity index is 2.05. The molecule has 29 heavy (non-hydrogen) atoms. The van der Waals surface area contributed by atoms with Gasteiger partial charge in [0.1, 0.15) is 5.82 Å². The zero-order chi connectivity index (χ0) is 21.7. The van der Waals surface area contributed by atoms with E-state index in [-0.39, 0.29) is 11.9 Å². The van der Waals surface area contributed by atoms with E-state index < -0.39 is 15.6 Å². The highest BCUT2D eigenvalue weighted by Gasteiger charge is 2.24. The minimum absolute atomic E-state index is 0.192. The maximum Gasteiger partial charge on any atom is 0.209 e. The van der Waals surface area contributed by atoms with E-state index >= 15 is 0 Å². The summed E-state index contributed by atoms with van der Waals surface area (Å²) >= 11 is 0. The topological polar surface area (TPSA) is 85.8 Å². The number of rotatable bonds is 7. The van der Waals surface area contributed by atoms with Gasteiger partial charge in [-0.05, 0) is 64.3 Å². The van der Waals surface area contributed by atoms with Gasteiger partial charge in [0.25, 0.3) is 0 Å². The quantitative estimate of drug-likeness (QED) is 0.458. The summed E-state index contributed by atoms with van der Waals surface area (Å²) in [6.45, 7) is 10.3. The van der Waals surface area contributed by atoms with Gasteiger partial charge < -0.3 is 15.5 Å². The smallest absolute Gasteiger partial charge is 0.209 e. The van der Waals surface area contributed by atoms with Crippen LogP contribution in [-0.2, 0) is 10.0 Å². The molecule has 0 saturated carbocycles. The summed E-state index contributed by atoms with van der Waals surface area (Å²) < 4.78 is 39.1. The summed E-state index contributed by atoms with van der Waals surface area (Å²) in [6.07, 6.45) is 3.18. The predicted octanol–water partition coefficient (Wildman–Crippen LogP) is 1.99. The molecule has 0 amide bonds. The Morgan fingerprint density at radius 2 is 2.10 bits per heavy atom. The number of benzene rings is 1. The summed E-state index contributed by atoms with van der Waals surface area (Å²) in [5, 5.41) is 6.70. The minimum atomic E-state index is -3.31. The van der Waals surface area contributed by atoms with E-state index in [4.69, 9.17) is 0 Å². The van der Waals surface area contributed by atoms with E-state index in [1.54, 1.807) is 19.9 Å². The van der Waals surface area contributed by atoms with Crippen molar-refractivity contribution in [2.45, 2.75) is 52.1 Å². The molecular weight excluding hydrogens is 393 g/mol. The number of nitrogens with zero attached hydrogens (tertiary/aromatic N) is 2. The van der Waals surface area contributed by atoms with Crippen LogP contribution < -0.4 is 20.3 Å². The van der Waals surface area contributed by atoms with Crippen LogP contribution in [-0.4, -0.2) is 58.4 Å². The highest BCUT2D eigenvalue weighted by molar-refractivity contribution is 7.88. The number of hydrogen-bond acceptors (Lipinski definition) is 4. The Morgan fingerprint density at radius 3 is 2.72 bits per heavy atom. The van der Waals surface area contributed by atoms with Crippen molar-refractivity contribution in [3.8, 4) is 0 Å². The van der Waals surface area contributed by atoms with Crippen molar-refractivity contribution in [3.63, 3.8) is 0 Å². The summed E-state index contributed by atoms with van der Waals surface area (Å²) in [5.74, 6) is 0.448. The standard InChI is InChI=1S/C20H34FN5O2S/c1-6-22-19(23-14-20(3,4)25-29(5,27)28)24-17-8-7-11-26(13-17)18-10-9-16(21)12-15(18)2/h9-10,12,17,25H,6-8,11,13-14H2,1-5H3,(H2,22,23,24). The van der Waals surface area contributed by atoms with Gasteiger partial charge in [-0.15, -0.1) is 0 Å². The Bertz CT molecular complexity index is 826. The molecule has 0 bridgehead atoms. The van der Waals surface area contributed by atoms with Gasteiger partial charge >= 0.3 is 0 Å². The first-order chi connectivity index (χ1) is 13.5. The van der Waals surface area contributed by atoms with E-state index in [1.807, 2.05) is 19.9 Å². The molecule has 164 valence electrons. The van der Waals surface area contributed by atoms with Gasteiger partial charge in [-0.1, -0.05) is 0 Å². The van der Waals surface area contributed by atoms with Crippen molar-refractivity contribution in [1.29, 1.82) is 0 Å². The van der Waals surface area contributed by atoms with E-state index in [2.05, 4.69) is 25.2 Å². The van der Waals surface area contributed by atoms with Crippen LogP contribution in [0.3, 0.4) is 0 Å². The maximum atomic E-state index is 13.4. The maximum absolute atomic E-state index is 13.4. The number of aliphatic imine (C=N–C) groups is 1. The molecule has 0 spiro atoms. The number of halogens is 1. The third kappa shape index (κ3) is 7.81. The normalized spacial score (nSPS) is 18.6. The lowest BCUT2D eigenvalue weighted by atomic mass is 10.0. The number of piperidine rings is 1. The Kier molecular flexibility index (Phi) is 7.87. The van der Waals surface area contributed by atoms with Crippen LogP contribution in [0.1, 0.15) is 39.2 Å². The number of guanidine groups is 1. The van der Waals surface area contributed by atoms with Crippen molar-refractivity contribution in [2.75, 3.05) is 37.3 Å². The van der Waals surface area contributed by atoms with E-state index in [9.17, 15) is 12.8 Å². The molecule has 1 saturated heterocycles. The van der Waals surface area contributed by atoms with Gasteiger partial charge in [-0.2, -0.15) is 0 Å². The van der Waals surface area contributed by atoms with E-state index in [1.165, 1.54) is 6.07 Å². The molecule has 2 rings (SSSR count). The van der Waals surface area contributed by atoms with Gasteiger partial charge in [-0.3, -0.25) is 4.99 Å². The molecule has 7 nitrogen and oxygen atoms in total. The highest BCUT2D eigenvalue weighted by Crippen LogP contribution is 2.24. The molecule has 1 unspecified atom stereocenters. The van der Waals surface area contributed by atoms with Crippen molar-refractivity contribution in [1.82, 2.24) is 15.4 Å². The Hall–Kier alpha value is -1.87. The number of anilines is 1. The van der Waals surface area contributed by atoms with E-state index in [0.29, 0.717) is 19.0 Å². The molecule has 1 fully saturated rings. The van der Waals surface area contributed by atoms with Crippen molar-refractivity contribution >= 4 is 21.7 Å². The molecule has 3 N–H and O–H groups in total. The Labute approximate surface area is 174 Å². The molecule has 0 aliphatic carbocycles. The second-order valence-corrected chi connectivity index (χ2v) is 10.1. The summed E-state index contributed by atoms with van der Waals surface area (Å²) in [7, 11) is -3.31. The largest absolute Gasteiger partial charge is 0.369 e. The first-order valence-corrected chi connectivity index (χ1v) is 11.9. The minimum Gasteiger partial charge on any atom is -0.369 e. The highest BCUT2D eigenvalue weighted by atomic mass is 32.2. The number of aryl methyl sites for hydroxylation is 1. The van der Waals surface area contributed by atoms with Crippen molar-refractivity contribution in [3.05, 3.63) is 29.6 Å². The van der Waals surface area contributed by atoms with Gasteiger partial charge in [0, 0.05) is 36.9 Å². The third-order valence-corrected chi connectivity index (χ3v) is 5.62. The molecule has 0 aromatic heterocycles. The number of nitrogens with one attached hydrogen (secondary N) is 3. The van der Waals surface area contributed by atoms with Crippen LogP contribution in [0.4, 0.5) is 10.1 Å². The summed E-state index contributed by atoms with van der Waals surface area (Å²) in [6, 6.07) is 5.10. The van der Waals surface area contributed by atoms with Gasteiger partial charge in [-0.25, -0.2) is 17.5 Å². The summed E-state index contributed by atoms with van der Waals surface area (Å²) in [5.41, 5.74) is 1.30. The fourth-order valence-corrected chi connectivity index (χ4v) is 4.68. The molecule has 1 heterocycles. The lowest BCUT2D eigenvalue weighted by Crippen LogP contribution is -2.52. The molecule has 9 heteroatoms. The van der Waals surface area contributed by atoms with Crippen molar-refractivity contribution in [2.24, 2.45) is 4.99 Å². The van der Waals surface area contributed by atoms with Crippen LogP contribution in [0.25, 0.3) is 0 Å². The zero-order valence-electron chi connectivity index (χ0n) is 18.0. The number of hydrogen-bond donors (Lipinski definition) is 3. The molecule has 1 aliphatic rings. The Morgan fingerprint density at radius 1 is 1.38 bits per heavy atom. The third-order valence-electron chi connectivity index (χ3n) is 4.70. The van der Waals surface area contributed by atoms with Crippen molar-refractivity contribution < 1.29 is 12.8 Å². The zero-order valence-corrected chi connectivity index (χ0v) is 18.9. The van der Waals surface area contributed by atoms with Crippen LogP contribution in [0, 0.1) is 12.7 Å². The summed E-state index contributed by atoms with van der Waals surface area (Å²) in [4.78, 5) is 6.86. The van der Waals surface area contributed by atoms with Gasteiger partial charge in [0.2, 0.25) is 10.0 Å². The molecular formula is C20H34FN5O2S. The van der Waals surface area contributed by atoms with Gasteiger partial charge in [0.05, 0.1) is 12.8 Å². The van der Waals surface area contributed by atoms with E-state index in [0.717, 1.165) is 43.4 Å². The molecule has 1 atom stereocenters. The number of sulfonamides is 1. The van der Waals surface area contributed by atoms with Crippen LogP contribution >= 0.6 is 0 Å². The van der Waals surface area contributed by atoms with Crippen LogP contribution in [0.5, 0.6) is 0 Å². The predicted molar refractivity (Wildman–Crippen MR) is 118 cm³/mol. The molecule has 0 radical (unpaired) electrons. The molecule has 1 aliphatic heterocycles. The average Bonchev–Trinajstić information content (AvgIpc) is 2.58. The fraction of sp³-hybridized carbons (Fsp3) is 0.650. The lowest BCUT2D eigenvalue weighted by Gasteiger charge is -2.36. The van der Waals surface area contributed by atoms with Crippen LogP contribution in [0.15, 0.2) is 23.2 Å². The first kappa shape index (κ1) is 23.4. The second kappa shape index (κ2) is 9.75. The first-order valence-electron chi connectivity index (χ1n) is 10.0. The lowest BCUT2D eigenvalue weighted by molar-refractivity contribution is 0.454. The monoisotopic (exact) mass is 427 g/mol. The fourth-order valence-electron chi connectivity index (χ4n) is 3.61. The second-order valence-electron chi connectivity index (χ2n) is 8.31.